The average Bonchev–Trinajstić information content (AvgIpc) is 3.18. The maximum absolute atomic E-state index is 13.3. The second-order valence-corrected chi connectivity index (χ2v) is 8.73. The van der Waals surface area contributed by atoms with Crippen LogP contribution in [-0.4, -0.2) is 21.9 Å². The first-order valence-electron chi connectivity index (χ1n) is 8.80. The van der Waals surface area contributed by atoms with Crippen LogP contribution >= 0.6 is 27.3 Å². The van der Waals surface area contributed by atoms with E-state index in [-0.39, 0.29) is 5.91 Å². The first-order chi connectivity index (χ1) is 12.5. The molecule has 0 aliphatic carbocycles. The first-order valence-corrected chi connectivity index (χ1v) is 10.5. The van der Waals surface area contributed by atoms with Gasteiger partial charge in [0, 0.05) is 25.0 Å². The van der Waals surface area contributed by atoms with Gasteiger partial charge in [0.1, 0.15) is 5.69 Å². The van der Waals surface area contributed by atoms with Crippen molar-refractivity contribution in [3.8, 4) is 0 Å². The largest absolute Gasteiger partial charge is 0.333 e. The minimum atomic E-state index is 0.122. The maximum Gasteiger partial charge on any atom is 0.270 e. The van der Waals surface area contributed by atoms with E-state index in [4.69, 9.17) is 0 Å². The Hall–Kier alpha value is -1.85. The molecule has 3 nitrogen and oxygen atoms in total. The number of benzene rings is 1. The Bertz CT molecular complexity index is 1010. The normalized spacial score (nSPS) is 13.7. The van der Waals surface area contributed by atoms with Crippen LogP contribution in [0, 0.1) is 0 Å². The zero-order chi connectivity index (χ0) is 18.3. The summed E-state index contributed by atoms with van der Waals surface area (Å²) in [6.45, 7) is 6.36. The highest BCUT2D eigenvalue weighted by molar-refractivity contribution is 9.10. The van der Waals surface area contributed by atoms with Gasteiger partial charge < -0.3 is 9.47 Å². The quantitative estimate of drug-likeness (QED) is 0.496. The van der Waals surface area contributed by atoms with Gasteiger partial charge in [0.05, 0.1) is 14.7 Å². The monoisotopic (exact) mass is 428 g/mol. The molecule has 0 fully saturated rings. The molecule has 1 aliphatic rings. The lowest BCUT2D eigenvalue weighted by Gasteiger charge is -2.29. The van der Waals surface area contributed by atoms with Crippen molar-refractivity contribution in [3.63, 3.8) is 0 Å². The van der Waals surface area contributed by atoms with Gasteiger partial charge in [-0.2, -0.15) is 0 Å². The lowest BCUT2D eigenvalue weighted by Crippen LogP contribution is -2.37. The van der Waals surface area contributed by atoms with Crippen molar-refractivity contribution in [2.75, 3.05) is 6.54 Å². The Balaban J connectivity index is 1.71. The van der Waals surface area contributed by atoms with E-state index in [1.165, 1.54) is 16.7 Å². The summed E-state index contributed by atoms with van der Waals surface area (Å²) in [5, 5.41) is 2.09. The Morgan fingerprint density at radius 3 is 2.81 bits per heavy atom. The van der Waals surface area contributed by atoms with E-state index in [1.807, 2.05) is 11.0 Å². The second-order valence-electron chi connectivity index (χ2n) is 6.96. The summed E-state index contributed by atoms with van der Waals surface area (Å²) in [5.41, 5.74) is 5.78. The van der Waals surface area contributed by atoms with Crippen molar-refractivity contribution in [3.05, 3.63) is 68.7 Å². The molecule has 0 saturated carbocycles. The average molecular weight is 429 g/mol. The molecule has 1 aromatic carbocycles. The van der Waals surface area contributed by atoms with Gasteiger partial charge >= 0.3 is 0 Å². The van der Waals surface area contributed by atoms with Crippen molar-refractivity contribution in [1.82, 2.24) is 9.47 Å². The summed E-state index contributed by atoms with van der Waals surface area (Å²) in [5.74, 6) is 0.122. The number of amides is 1. The first kappa shape index (κ1) is 17.6. The van der Waals surface area contributed by atoms with Gasteiger partial charge in [-0.05, 0) is 53.4 Å². The number of allylic oxidation sites excluding steroid dienone is 2. The van der Waals surface area contributed by atoms with Crippen LogP contribution in [0.4, 0.5) is 0 Å². The number of fused-ring (bicyclic) bond motifs is 2. The van der Waals surface area contributed by atoms with Gasteiger partial charge in [-0.3, -0.25) is 4.79 Å². The molecule has 134 valence electrons. The fraction of sp³-hybridized carbons (Fsp3) is 0.286. The number of nitrogens with zero attached hydrogens (tertiary/aromatic N) is 2. The number of carbonyl (C=O) groups excluding carboxylic acids is 1. The molecule has 0 atom stereocenters. The van der Waals surface area contributed by atoms with Crippen LogP contribution < -0.4 is 0 Å². The third-order valence-corrected chi connectivity index (χ3v) is 6.72. The van der Waals surface area contributed by atoms with Crippen LogP contribution in [0.2, 0.25) is 0 Å². The van der Waals surface area contributed by atoms with Gasteiger partial charge in [0.25, 0.3) is 5.91 Å². The van der Waals surface area contributed by atoms with Gasteiger partial charge in [-0.1, -0.05) is 35.9 Å². The zero-order valence-corrected chi connectivity index (χ0v) is 17.4. The smallest absolute Gasteiger partial charge is 0.270 e. The van der Waals surface area contributed by atoms with E-state index in [0.717, 1.165) is 33.3 Å². The van der Waals surface area contributed by atoms with Crippen LogP contribution in [0.5, 0.6) is 0 Å². The Kier molecular flexibility index (Phi) is 4.76. The number of aromatic nitrogens is 1. The highest BCUT2D eigenvalue weighted by atomic mass is 79.9. The lowest BCUT2D eigenvalue weighted by molar-refractivity contribution is 0.0725. The Morgan fingerprint density at radius 2 is 2.04 bits per heavy atom. The van der Waals surface area contributed by atoms with Crippen LogP contribution in [0.25, 0.3) is 10.2 Å². The molecule has 4 rings (SSSR count). The third kappa shape index (κ3) is 3.14. The highest BCUT2D eigenvalue weighted by Crippen LogP contribution is 2.34. The molecule has 0 spiro atoms. The minimum Gasteiger partial charge on any atom is -0.333 e. The lowest BCUT2D eigenvalue weighted by atomic mass is 10.00. The summed E-state index contributed by atoms with van der Waals surface area (Å²) >= 11 is 5.33. The fourth-order valence-corrected chi connectivity index (χ4v) is 5.20. The Labute approximate surface area is 166 Å². The van der Waals surface area contributed by atoms with Gasteiger partial charge in [0.15, 0.2) is 0 Å². The SMILES string of the molecule is CC(C)=CCn1c(C(=O)N2CCc3ccccc3C2)cc2scc(Br)c21. The van der Waals surface area contributed by atoms with Crippen LogP contribution in [0.3, 0.4) is 0 Å². The maximum atomic E-state index is 13.3. The minimum absolute atomic E-state index is 0.122. The predicted octanol–water partition coefficient (Wildman–Crippen LogP) is 5.63. The summed E-state index contributed by atoms with van der Waals surface area (Å²) in [4.78, 5) is 15.3. The number of carbonyl (C=O) groups is 1. The van der Waals surface area contributed by atoms with Crippen LogP contribution in [0.15, 0.2) is 51.8 Å². The van der Waals surface area contributed by atoms with Gasteiger partial charge in [-0.25, -0.2) is 0 Å². The highest BCUT2D eigenvalue weighted by Gasteiger charge is 2.25. The molecule has 0 bridgehead atoms. The number of halogens is 1. The van der Waals surface area contributed by atoms with E-state index in [0.29, 0.717) is 13.1 Å². The molecule has 1 amide bonds. The van der Waals surface area contributed by atoms with Gasteiger partial charge in [0.2, 0.25) is 0 Å². The van der Waals surface area contributed by atoms with Crippen LogP contribution in [-0.2, 0) is 19.5 Å². The third-order valence-electron chi connectivity index (χ3n) is 4.90. The zero-order valence-electron chi connectivity index (χ0n) is 15.0. The molecule has 3 aromatic rings. The van der Waals surface area contributed by atoms with E-state index in [9.17, 15) is 4.79 Å². The number of hydrogen-bond donors (Lipinski definition) is 0. The molecule has 0 saturated heterocycles. The van der Waals surface area contributed by atoms with Crippen molar-refractivity contribution in [2.45, 2.75) is 33.4 Å². The van der Waals surface area contributed by atoms with E-state index >= 15 is 0 Å². The van der Waals surface area contributed by atoms with Crippen molar-refractivity contribution in [2.24, 2.45) is 0 Å². The molecular weight excluding hydrogens is 408 g/mol. The molecule has 0 N–H and O–H groups in total. The number of thiophene rings is 1. The van der Waals surface area contributed by atoms with Crippen LogP contribution in [0.1, 0.15) is 35.5 Å². The van der Waals surface area contributed by atoms with E-state index in [1.54, 1.807) is 11.3 Å². The van der Waals surface area contributed by atoms with Crippen molar-refractivity contribution >= 4 is 43.4 Å². The van der Waals surface area contributed by atoms with E-state index in [2.05, 4.69) is 70.1 Å². The topological polar surface area (TPSA) is 25.2 Å². The van der Waals surface area contributed by atoms with Gasteiger partial charge in [-0.15, -0.1) is 11.3 Å². The number of hydrogen-bond acceptors (Lipinski definition) is 2. The summed E-state index contributed by atoms with van der Waals surface area (Å²) in [6.07, 6.45) is 3.10. The summed E-state index contributed by atoms with van der Waals surface area (Å²) in [7, 11) is 0. The molecule has 2 aromatic heterocycles. The molecule has 26 heavy (non-hydrogen) atoms. The second kappa shape index (κ2) is 7.05. The summed E-state index contributed by atoms with van der Waals surface area (Å²) < 4.78 is 4.36. The molecular formula is C21H21BrN2OS. The molecule has 1 aliphatic heterocycles. The Morgan fingerprint density at radius 1 is 1.27 bits per heavy atom. The van der Waals surface area contributed by atoms with Crippen molar-refractivity contribution in [1.29, 1.82) is 0 Å². The summed E-state index contributed by atoms with van der Waals surface area (Å²) in [6, 6.07) is 10.5. The molecule has 0 unspecified atom stereocenters. The molecule has 3 heterocycles. The fourth-order valence-electron chi connectivity index (χ4n) is 3.50. The molecule has 5 heteroatoms. The standard InChI is InChI=1S/C21H21BrN2OS/c1-14(2)7-10-24-18(11-19-20(24)17(22)13-26-19)21(25)23-9-8-15-5-3-4-6-16(15)12-23/h3-7,11,13H,8-10,12H2,1-2H3. The van der Waals surface area contributed by atoms with Crippen molar-refractivity contribution < 1.29 is 4.79 Å². The molecule has 0 radical (unpaired) electrons. The number of rotatable bonds is 3. The predicted molar refractivity (Wildman–Crippen MR) is 112 cm³/mol. The van der Waals surface area contributed by atoms with E-state index < -0.39 is 0 Å².